The minimum atomic E-state index is -0.748. The number of fused-ring (bicyclic) bond motifs is 1. The average Bonchev–Trinajstić information content (AvgIpc) is 3.11. The lowest BCUT2D eigenvalue weighted by molar-refractivity contribution is 0.155. The van der Waals surface area contributed by atoms with Crippen LogP contribution in [-0.2, 0) is 6.54 Å². The van der Waals surface area contributed by atoms with Gasteiger partial charge in [0.15, 0.2) is 0 Å². The first-order valence-corrected chi connectivity index (χ1v) is 9.33. The van der Waals surface area contributed by atoms with Gasteiger partial charge < -0.3 is 9.67 Å². The van der Waals surface area contributed by atoms with Gasteiger partial charge in [0, 0.05) is 18.0 Å². The fourth-order valence-electron chi connectivity index (χ4n) is 3.39. The highest BCUT2D eigenvalue weighted by Gasteiger charge is 2.14. The van der Waals surface area contributed by atoms with Crippen LogP contribution in [0.4, 0.5) is 0 Å². The number of hydrogen-bond donors (Lipinski definition) is 1. The van der Waals surface area contributed by atoms with Crippen molar-refractivity contribution in [2.75, 3.05) is 0 Å². The van der Waals surface area contributed by atoms with Crippen LogP contribution in [0.3, 0.4) is 0 Å². The number of aromatic nitrogens is 3. The second-order valence-corrected chi connectivity index (χ2v) is 7.36. The van der Waals surface area contributed by atoms with Gasteiger partial charge in [0.05, 0.1) is 18.3 Å². The second kappa shape index (κ2) is 7.09. The summed E-state index contributed by atoms with van der Waals surface area (Å²) in [7, 11) is 0. The number of nitrogens with zero attached hydrogens (tertiary/aromatic N) is 3. The molecule has 4 aromatic rings. The maximum absolute atomic E-state index is 12.9. The monoisotopic (exact) mass is 373 g/mol. The molecule has 0 spiro atoms. The molecule has 0 aliphatic carbocycles. The molecule has 0 aliphatic rings. The fourth-order valence-corrected chi connectivity index (χ4v) is 3.39. The van der Waals surface area contributed by atoms with Crippen LogP contribution in [0, 0.1) is 20.8 Å². The lowest BCUT2D eigenvalue weighted by Crippen LogP contribution is -2.24. The summed E-state index contributed by atoms with van der Waals surface area (Å²) in [6, 6.07) is 15.7. The molecule has 1 N–H and O–H groups in total. The molecule has 28 heavy (non-hydrogen) atoms. The van der Waals surface area contributed by atoms with E-state index in [9.17, 15) is 9.90 Å². The zero-order valence-corrected chi connectivity index (χ0v) is 16.3. The largest absolute Gasteiger partial charge is 0.387 e. The first-order chi connectivity index (χ1) is 13.4. The van der Waals surface area contributed by atoms with Crippen molar-refractivity contribution in [2.24, 2.45) is 0 Å². The topological polar surface area (TPSA) is 59.5 Å². The highest BCUT2D eigenvalue weighted by Crippen LogP contribution is 2.24. The number of rotatable bonds is 4. The zero-order valence-electron chi connectivity index (χ0n) is 16.3. The number of aliphatic hydroxyl groups is 1. The molecule has 2 heterocycles. The first kappa shape index (κ1) is 18.2. The number of benzene rings is 2. The Kier molecular flexibility index (Phi) is 4.61. The summed E-state index contributed by atoms with van der Waals surface area (Å²) < 4.78 is 3.14. The van der Waals surface area contributed by atoms with E-state index in [0.29, 0.717) is 5.52 Å². The van der Waals surface area contributed by atoms with Gasteiger partial charge in [0.1, 0.15) is 5.52 Å². The van der Waals surface area contributed by atoms with Gasteiger partial charge in [0.2, 0.25) is 0 Å². The SMILES string of the molecule is Cc1ccc(C(O)Cn2ccn3nc(-c4cc(C)ccc4C)cc3c2=O)cc1. The predicted molar refractivity (Wildman–Crippen MR) is 111 cm³/mol. The average molecular weight is 373 g/mol. The summed E-state index contributed by atoms with van der Waals surface area (Å²) >= 11 is 0. The van der Waals surface area contributed by atoms with E-state index < -0.39 is 6.10 Å². The van der Waals surface area contributed by atoms with Crippen molar-refractivity contribution >= 4 is 5.52 Å². The van der Waals surface area contributed by atoms with Crippen LogP contribution < -0.4 is 5.56 Å². The Balaban J connectivity index is 1.70. The molecule has 2 aromatic heterocycles. The minimum absolute atomic E-state index is 0.169. The number of aliphatic hydroxyl groups excluding tert-OH is 1. The van der Waals surface area contributed by atoms with Gasteiger partial charge in [-0.2, -0.15) is 5.10 Å². The lowest BCUT2D eigenvalue weighted by Gasteiger charge is -2.13. The third-order valence-electron chi connectivity index (χ3n) is 5.10. The Morgan fingerprint density at radius 1 is 0.964 bits per heavy atom. The van der Waals surface area contributed by atoms with Gasteiger partial charge in [-0.1, -0.05) is 47.5 Å². The van der Waals surface area contributed by atoms with Gasteiger partial charge in [-0.05, 0) is 44.0 Å². The number of aryl methyl sites for hydroxylation is 3. The number of hydrogen-bond acceptors (Lipinski definition) is 3. The van der Waals surface area contributed by atoms with Crippen LogP contribution in [0.15, 0.2) is 65.7 Å². The molecule has 1 unspecified atom stereocenters. The van der Waals surface area contributed by atoms with E-state index in [1.54, 1.807) is 16.9 Å². The first-order valence-electron chi connectivity index (χ1n) is 9.33. The molecule has 5 heteroatoms. The molecule has 0 radical (unpaired) electrons. The molecule has 0 saturated heterocycles. The molecule has 0 amide bonds. The van der Waals surface area contributed by atoms with E-state index in [4.69, 9.17) is 0 Å². The van der Waals surface area contributed by atoms with Crippen LogP contribution in [0.25, 0.3) is 16.8 Å². The molecule has 0 saturated carbocycles. The van der Waals surface area contributed by atoms with Crippen molar-refractivity contribution in [3.05, 3.63) is 93.5 Å². The highest BCUT2D eigenvalue weighted by atomic mass is 16.3. The van der Waals surface area contributed by atoms with E-state index in [2.05, 4.69) is 23.3 Å². The molecule has 0 bridgehead atoms. The quantitative estimate of drug-likeness (QED) is 0.592. The van der Waals surface area contributed by atoms with E-state index in [0.717, 1.165) is 33.5 Å². The Bertz CT molecular complexity index is 1200. The fraction of sp³-hybridized carbons (Fsp3) is 0.217. The summed E-state index contributed by atoms with van der Waals surface area (Å²) in [5.74, 6) is 0. The maximum atomic E-state index is 12.9. The van der Waals surface area contributed by atoms with Gasteiger partial charge in [-0.25, -0.2) is 4.52 Å². The minimum Gasteiger partial charge on any atom is -0.387 e. The van der Waals surface area contributed by atoms with Gasteiger partial charge >= 0.3 is 0 Å². The second-order valence-electron chi connectivity index (χ2n) is 7.36. The van der Waals surface area contributed by atoms with Gasteiger partial charge in [0.25, 0.3) is 5.56 Å². The lowest BCUT2D eigenvalue weighted by atomic mass is 10.0. The molecule has 142 valence electrons. The van der Waals surface area contributed by atoms with Crippen LogP contribution in [0.5, 0.6) is 0 Å². The summed E-state index contributed by atoms with van der Waals surface area (Å²) in [5.41, 5.74) is 6.31. The van der Waals surface area contributed by atoms with Crippen molar-refractivity contribution in [3.8, 4) is 11.3 Å². The Hall–Kier alpha value is -3.18. The van der Waals surface area contributed by atoms with Crippen molar-refractivity contribution in [1.29, 1.82) is 0 Å². The van der Waals surface area contributed by atoms with Crippen LogP contribution >= 0.6 is 0 Å². The molecule has 2 aromatic carbocycles. The van der Waals surface area contributed by atoms with Crippen molar-refractivity contribution in [3.63, 3.8) is 0 Å². The van der Waals surface area contributed by atoms with Gasteiger partial charge in [-0.15, -0.1) is 0 Å². The molecular formula is C23H23N3O2. The summed E-state index contributed by atoms with van der Waals surface area (Å²) in [5, 5.41) is 15.1. The summed E-state index contributed by atoms with van der Waals surface area (Å²) in [4.78, 5) is 12.9. The highest BCUT2D eigenvalue weighted by molar-refractivity contribution is 5.69. The van der Waals surface area contributed by atoms with Crippen LogP contribution in [0.1, 0.15) is 28.4 Å². The van der Waals surface area contributed by atoms with Crippen molar-refractivity contribution in [2.45, 2.75) is 33.4 Å². The van der Waals surface area contributed by atoms with Gasteiger partial charge in [-0.3, -0.25) is 4.79 Å². The summed E-state index contributed by atoms with van der Waals surface area (Å²) in [6.45, 7) is 6.28. The molecule has 5 nitrogen and oxygen atoms in total. The third kappa shape index (κ3) is 3.37. The Morgan fingerprint density at radius 3 is 2.43 bits per heavy atom. The van der Waals surface area contributed by atoms with E-state index in [1.807, 2.05) is 51.1 Å². The zero-order chi connectivity index (χ0) is 19.8. The standard InChI is InChI=1S/C23H23N3O2/c1-15-5-8-18(9-6-15)22(27)14-25-10-11-26-21(23(25)28)13-20(24-26)19-12-16(2)4-7-17(19)3/h4-13,22,27H,14H2,1-3H3. The Morgan fingerprint density at radius 2 is 1.68 bits per heavy atom. The maximum Gasteiger partial charge on any atom is 0.276 e. The van der Waals surface area contributed by atoms with E-state index in [1.165, 1.54) is 4.57 Å². The normalized spacial score (nSPS) is 12.4. The third-order valence-corrected chi connectivity index (χ3v) is 5.10. The molecule has 0 aliphatic heterocycles. The van der Waals surface area contributed by atoms with E-state index >= 15 is 0 Å². The molecule has 0 fully saturated rings. The predicted octanol–water partition coefficient (Wildman–Crippen LogP) is 3.82. The van der Waals surface area contributed by atoms with Crippen molar-refractivity contribution < 1.29 is 5.11 Å². The smallest absolute Gasteiger partial charge is 0.276 e. The Labute approximate surface area is 163 Å². The molecular weight excluding hydrogens is 350 g/mol. The molecule has 4 rings (SSSR count). The van der Waals surface area contributed by atoms with E-state index in [-0.39, 0.29) is 12.1 Å². The van der Waals surface area contributed by atoms with Crippen LogP contribution in [-0.4, -0.2) is 19.3 Å². The summed E-state index contributed by atoms with van der Waals surface area (Å²) in [6.07, 6.45) is 2.68. The molecule has 1 atom stereocenters. The van der Waals surface area contributed by atoms with Crippen molar-refractivity contribution in [1.82, 2.24) is 14.2 Å². The van der Waals surface area contributed by atoms with Crippen LogP contribution in [0.2, 0.25) is 0 Å².